The van der Waals surface area contributed by atoms with E-state index < -0.39 is 23.1 Å². The van der Waals surface area contributed by atoms with Gasteiger partial charge in [-0.25, -0.2) is 13.2 Å². The molecule has 0 aliphatic carbocycles. The van der Waals surface area contributed by atoms with Crippen molar-refractivity contribution >= 4 is 17.0 Å². The number of ether oxygens (including phenoxy) is 2. The zero-order chi connectivity index (χ0) is 18.5. The minimum absolute atomic E-state index is 0.0450. The molecular formula is C12H14N6O6S. The Labute approximate surface area is 143 Å². The van der Waals surface area contributed by atoms with E-state index in [4.69, 9.17) is 20.5 Å². The molecule has 1 atom stereocenters. The zero-order valence-electron chi connectivity index (χ0n) is 12.8. The van der Waals surface area contributed by atoms with Crippen LogP contribution in [0.25, 0.3) is 20.9 Å². The average Bonchev–Trinajstić information content (AvgIpc) is 2.60. The Kier molecular flexibility index (Phi) is 9.26. The van der Waals surface area contributed by atoms with Gasteiger partial charge in [0.25, 0.3) is 11.0 Å². The van der Waals surface area contributed by atoms with Gasteiger partial charge in [0.1, 0.15) is 5.75 Å². The highest BCUT2D eigenvalue weighted by atomic mass is 32.2. The van der Waals surface area contributed by atoms with Crippen LogP contribution in [0.3, 0.4) is 0 Å². The number of benzene rings is 1. The van der Waals surface area contributed by atoms with Crippen molar-refractivity contribution in [2.75, 3.05) is 19.7 Å². The van der Waals surface area contributed by atoms with Gasteiger partial charge in [0, 0.05) is 9.82 Å². The van der Waals surface area contributed by atoms with Crippen molar-refractivity contribution in [1.82, 2.24) is 0 Å². The second kappa shape index (κ2) is 11.5. The first-order chi connectivity index (χ1) is 12.1. The van der Waals surface area contributed by atoms with Crippen molar-refractivity contribution in [2.24, 2.45) is 10.2 Å². The van der Waals surface area contributed by atoms with E-state index >= 15 is 0 Å². The number of thiol groups is 1. The molecule has 13 heteroatoms. The first kappa shape index (κ1) is 20.1. The van der Waals surface area contributed by atoms with Crippen molar-refractivity contribution in [1.29, 1.82) is 0 Å². The first-order valence-electron chi connectivity index (χ1n) is 6.78. The smallest absolute Gasteiger partial charge is 0.347 e. The largest absolute Gasteiger partial charge is 0.479 e. The highest BCUT2D eigenvalue weighted by Gasteiger charge is 2.21. The molecule has 0 aromatic heterocycles. The van der Waals surface area contributed by atoms with Crippen molar-refractivity contribution in [2.45, 2.75) is 12.7 Å². The molecule has 0 amide bonds. The fraction of sp³-hybridized carbons (Fsp3) is 0.417. The maximum atomic E-state index is 11.9. The summed E-state index contributed by atoms with van der Waals surface area (Å²) in [6.07, 6.45) is -1.21. The molecule has 0 saturated carbocycles. The summed E-state index contributed by atoms with van der Waals surface area (Å²) in [4.78, 5) is 17.0. The zero-order valence-corrected chi connectivity index (χ0v) is 13.7. The Morgan fingerprint density at radius 2 is 2.00 bits per heavy atom. The predicted molar refractivity (Wildman–Crippen MR) is 84.9 cm³/mol. The van der Waals surface area contributed by atoms with Crippen LogP contribution in [-0.2, 0) is 31.3 Å². The number of hydrogen-bond acceptors (Lipinski definition) is 8. The number of azide groups is 2. The van der Waals surface area contributed by atoms with E-state index in [0.29, 0.717) is 5.56 Å². The molecule has 0 bridgehead atoms. The summed E-state index contributed by atoms with van der Waals surface area (Å²) in [7, 11) is -2.98. The topological polar surface area (TPSA) is 176 Å². The monoisotopic (exact) mass is 370 g/mol. The number of carbonyl (C=O) groups excluding carboxylic acids is 1. The van der Waals surface area contributed by atoms with Gasteiger partial charge < -0.3 is 9.47 Å². The Hall–Kier alpha value is -2.98. The molecule has 1 aromatic rings. The summed E-state index contributed by atoms with van der Waals surface area (Å²) in [5.41, 5.74) is 17.0. The Morgan fingerprint density at radius 3 is 2.68 bits per heavy atom. The first-order valence-corrected chi connectivity index (χ1v) is 7.87. The average molecular weight is 370 g/mol. The Morgan fingerprint density at radius 1 is 1.24 bits per heavy atom. The van der Waals surface area contributed by atoms with E-state index in [1.54, 1.807) is 12.1 Å². The minimum Gasteiger partial charge on any atom is -0.479 e. The van der Waals surface area contributed by atoms with Gasteiger partial charge in [-0.3, -0.25) is 4.18 Å². The molecule has 0 saturated heterocycles. The number of carbonyl (C=O) groups is 1. The van der Waals surface area contributed by atoms with Crippen LogP contribution in [-0.4, -0.2) is 40.2 Å². The lowest BCUT2D eigenvalue weighted by molar-refractivity contribution is -0.151. The third-order valence-electron chi connectivity index (χ3n) is 2.59. The fourth-order valence-corrected chi connectivity index (χ4v) is 1.85. The molecule has 25 heavy (non-hydrogen) atoms. The van der Waals surface area contributed by atoms with Crippen molar-refractivity contribution in [3.63, 3.8) is 0 Å². The maximum Gasteiger partial charge on any atom is 0.347 e. The second-order valence-corrected chi connectivity index (χ2v) is 4.99. The van der Waals surface area contributed by atoms with Crippen molar-refractivity contribution < 1.29 is 26.9 Å². The molecule has 0 aliphatic rings. The van der Waals surface area contributed by atoms with E-state index in [0.717, 1.165) is 0 Å². The third-order valence-corrected chi connectivity index (χ3v) is 2.93. The molecule has 0 N–H and O–H groups in total. The molecule has 0 spiro atoms. The van der Waals surface area contributed by atoms with E-state index in [1.165, 1.54) is 12.1 Å². The quantitative estimate of drug-likeness (QED) is 0.154. The van der Waals surface area contributed by atoms with Crippen LogP contribution in [0.1, 0.15) is 5.56 Å². The summed E-state index contributed by atoms with van der Waals surface area (Å²) in [5.74, 6) is -0.572. The third kappa shape index (κ3) is 8.44. The lowest BCUT2D eigenvalue weighted by Crippen LogP contribution is -2.32. The van der Waals surface area contributed by atoms with E-state index in [2.05, 4.69) is 24.2 Å². The van der Waals surface area contributed by atoms with E-state index in [-0.39, 0.29) is 32.1 Å². The van der Waals surface area contributed by atoms with Crippen LogP contribution in [0.4, 0.5) is 0 Å². The summed E-state index contributed by atoms with van der Waals surface area (Å²) in [6.45, 7) is -0.697. The van der Waals surface area contributed by atoms with Crippen molar-refractivity contribution in [3.8, 4) is 5.75 Å². The normalized spacial score (nSPS) is 11.1. The number of nitrogens with zero attached hydrogens (tertiary/aromatic N) is 6. The molecule has 1 rings (SSSR count). The summed E-state index contributed by atoms with van der Waals surface area (Å²) in [6, 6.07) is 6.17. The minimum atomic E-state index is -2.98. The second-order valence-electron chi connectivity index (χ2n) is 4.29. The van der Waals surface area contributed by atoms with Crippen LogP contribution in [0, 0.1) is 0 Å². The molecule has 1 unspecified atom stereocenters. The molecule has 0 aliphatic heterocycles. The highest BCUT2D eigenvalue weighted by molar-refractivity contribution is 7.67. The molecule has 0 heterocycles. The molecule has 134 valence electrons. The standard InChI is InChI=1S/C12H14N6O6S/c13-17-15-4-5-22-12(19)11(7-16-18-14)24-10-3-1-2-9(6-10)8-23-25(20)21/h1-3,6,11,25H,4-5,7-8H2. The number of rotatable bonds is 11. The van der Waals surface area contributed by atoms with Crippen LogP contribution in [0.15, 0.2) is 34.5 Å². The van der Waals surface area contributed by atoms with E-state index in [9.17, 15) is 13.2 Å². The molecule has 0 fully saturated rings. The number of esters is 1. The van der Waals surface area contributed by atoms with Gasteiger partial charge in [-0.2, -0.15) is 0 Å². The Bertz CT molecular complexity index is 748. The van der Waals surface area contributed by atoms with Crippen LogP contribution in [0.5, 0.6) is 5.75 Å². The van der Waals surface area contributed by atoms with Gasteiger partial charge in [0.15, 0.2) is 0 Å². The van der Waals surface area contributed by atoms with Gasteiger partial charge in [-0.1, -0.05) is 22.4 Å². The van der Waals surface area contributed by atoms with Gasteiger partial charge >= 0.3 is 5.97 Å². The molecular weight excluding hydrogens is 356 g/mol. The van der Waals surface area contributed by atoms with Gasteiger partial charge in [0.05, 0.1) is 26.3 Å². The lowest BCUT2D eigenvalue weighted by Gasteiger charge is -2.16. The van der Waals surface area contributed by atoms with Crippen molar-refractivity contribution in [3.05, 3.63) is 50.7 Å². The van der Waals surface area contributed by atoms with Gasteiger partial charge in [0.2, 0.25) is 6.10 Å². The van der Waals surface area contributed by atoms with E-state index in [1.807, 2.05) is 0 Å². The molecule has 0 radical (unpaired) electrons. The summed E-state index contributed by atoms with van der Waals surface area (Å²) in [5, 5.41) is 6.50. The van der Waals surface area contributed by atoms with Crippen LogP contribution in [0.2, 0.25) is 0 Å². The maximum absolute atomic E-state index is 11.9. The van der Waals surface area contributed by atoms with Crippen LogP contribution >= 0.6 is 0 Å². The lowest BCUT2D eigenvalue weighted by atomic mass is 10.2. The highest BCUT2D eigenvalue weighted by Crippen LogP contribution is 2.16. The SMILES string of the molecule is [N-]=[N+]=NCCOC(=O)C(CN=[N+]=[N-])Oc1cccc(CO[SH](=O)=O)c1. The molecule has 12 nitrogen and oxygen atoms in total. The fourth-order valence-electron chi connectivity index (χ4n) is 1.60. The van der Waals surface area contributed by atoms with Gasteiger partial charge in [-0.15, -0.1) is 0 Å². The predicted octanol–water partition coefficient (Wildman–Crippen LogP) is 1.64. The van der Waals surface area contributed by atoms with Crippen LogP contribution < -0.4 is 4.74 Å². The summed E-state index contributed by atoms with van der Waals surface area (Å²) < 4.78 is 35.6. The molecule has 1 aromatic carbocycles. The summed E-state index contributed by atoms with van der Waals surface area (Å²) >= 11 is 0. The number of hydrogen-bond donors (Lipinski definition) is 1. The Balaban J connectivity index is 2.76. The van der Waals surface area contributed by atoms with Gasteiger partial charge in [-0.05, 0) is 28.8 Å².